The van der Waals surface area contributed by atoms with Crippen molar-refractivity contribution in [3.8, 4) is 5.75 Å². The zero-order valence-electron chi connectivity index (χ0n) is 18.7. The molecular weight excluding hydrogens is 392 g/mol. The Hall–Kier alpha value is -2.12. The second kappa shape index (κ2) is 10.5. The SMILES string of the molecule is Cc1ccc2c(c1)NC(=O)[C@H](CC(=O)NCCCN1CCC(N3CCCCC3)CC1)O2. The molecule has 3 aliphatic rings. The van der Waals surface area contributed by atoms with Crippen molar-refractivity contribution in [2.75, 3.05) is 44.6 Å². The van der Waals surface area contributed by atoms with Crippen LogP contribution in [0.15, 0.2) is 18.2 Å². The lowest BCUT2D eigenvalue weighted by molar-refractivity contribution is -0.130. The molecule has 1 aromatic carbocycles. The summed E-state index contributed by atoms with van der Waals surface area (Å²) in [5, 5.41) is 5.79. The summed E-state index contributed by atoms with van der Waals surface area (Å²) in [4.78, 5) is 29.8. The van der Waals surface area contributed by atoms with E-state index in [2.05, 4.69) is 20.4 Å². The first-order valence-corrected chi connectivity index (χ1v) is 11.9. The molecule has 0 radical (unpaired) electrons. The molecule has 0 aliphatic carbocycles. The number of rotatable bonds is 7. The maximum Gasteiger partial charge on any atom is 0.266 e. The van der Waals surface area contributed by atoms with Crippen molar-refractivity contribution in [3.05, 3.63) is 23.8 Å². The molecule has 4 rings (SSSR count). The van der Waals surface area contributed by atoms with Gasteiger partial charge >= 0.3 is 0 Å². The Bertz CT molecular complexity index is 770. The molecule has 2 fully saturated rings. The third-order valence-corrected chi connectivity index (χ3v) is 6.76. The smallest absolute Gasteiger partial charge is 0.266 e. The predicted molar refractivity (Wildman–Crippen MR) is 121 cm³/mol. The number of fused-ring (bicyclic) bond motifs is 1. The highest BCUT2D eigenvalue weighted by atomic mass is 16.5. The first kappa shape index (κ1) is 22.1. The molecule has 3 heterocycles. The van der Waals surface area contributed by atoms with E-state index in [1.807, 2.05) is 25.1 Å². The molecular formula is C24H36N4O3. The number of benzene rings is 1. The van der Waals surface area contributed by atoms with Gasteiger partial charge in [0.2, 0.25) is 5.91 Å². The number of carbonyl (C=O) groups excluding carboxylic acids is 2. The highest BCUT2D eigenvalue weighted by molar-refractivity contribution is 6.00. The number of likely N-dealkylation sites (tertiary alicyclic amines) is 2. The van der Waals surface area contributed by atoms with Gasteiger partial charge in [-0.1, -0.05) is 12.5 Å². The summed E-state index contributed by atoms with van der Waals surface area (Å²) in [5.74, 6) is 0.223. The van der Waals surface area contributed by atoms with Crippen molar-refractivity contribution in [1.29, 1.82) is 0 Å². The predicted octanol–water partition coefficient (Wildman–Crippen LogP) is 2.54. The summed E-state index contributed by atoms with van der Waals surface area (Å²) in [6, 6.07) is 6.41. The number of hydrogen-bond donors (Lipinski definition) is 2. The Labute approximate surface area is 185 Å². The number of anilines is 1. The van der Waals surface area contributed by atoms with Gasteiger partial charge < -0.3 is 25.2 Å². The molecule has 1 aromatic rings. The third kappa shape index (κ3) is 5.98. The van der Waals surface area contributed by atoms with E-state index >= 15 is 0 Å². The van der Waals surface area contributed by atoms with E-state index < -0.39 is 6.10 Å². The summed E-state index contributed by atoms with van der Waals surface area (Å²) in [6.45, 7) is 8.49. The number of hydrogen-bond acceptors (Lipinski definition) is 5. The van der Waals surface area contributed by atoms with Gasteiger partial charge in [0, 0.05) is 12.6 Å². The van der Waals surface area contributed by atoms with Gasteiger partial charge in [0.25, 0.3) is 5.91 Å². The van der Waals surface area contributed by atoms with Gasteiger partial charge in [-0.3, -0.25) is 9.59 Å². The van der Waals surface area contributed by atoms with E-state index in [0.29, 0.717) is 18.0 Å². The van der Waals surface area contributed by atoms with Gasteiger partial charge in [-0.15, -0.1) is 0 Å². The van der Waals surface area contributed by atoms with Crippen LogP contribution in [-0.2, 0) is 9.59 Å². The largest absolute Gasteiger partial charge is 0.478 e. The number of piperidine rings is 2. The lowest BCUT2D eigenvalue weighted by atomic mass is 10.00. The first-order valence-electron chi connectivity index (χ1n) is 11.9. The molecule has 31 heavy (non-hydrogen) atoms. The number of aryl methyl sites for hydroxylation is 1. The number of carbonyl (C=O) groups is 2. The van der Waals surface area contributed by atoms with Crippen LogP contribution in [-0.4, -0.2) is 73.0 Å². The summed E-state index contributed by atoms with van der Waals surface area (Å²) >= 11 is 0. The van der Waals surface area contributed by atoms with Crippen LogP contribution in [0.5, 0.6) is 5.75 Å². The van der Waals surface area contributed by atoms with E-state index in [-0.39, 0.29) is 18.2 Å². The lowest BCUT2D eigenvalue weighted by Gasteiger charge is -2.40. The molecule has 7 nitrogen and oxygen atoms in total. The molecule has 0 unspecified atom stereocenters. The van der Waals surface area contributed by atoms with Crippen LogP contribution in [0.4, 0.5) is 5.69 Å². The Balaban J connectivity index is 1.11. The second-order valence-electron chi connectivity index (χ2n) is 9.17. The number of ether oxygens (including phenoxy) is 1. The third-order valence-electron chi connectivity index (χ3n) is 6.76. The average Bonchev–Trinajstić information content (AvgIpc) is 2.78. The van der Waals surface area contributed by atoms with E-state index in [0.717, 1.165) is 37.7 Å². The molecule has 7 heteroatoms. The van der Waals surface area contributed by atoms with Crippen LogP contribution in [0.25, 0.3) is 0 Å². The van der Waals surface area contributed by atoms with Gasteiger partial charge in [0.15, 0.2) is 6.10 Å². The van der Waals surface area contributed by atoms with Crippen molar-refractivity contribution in [3.63, 3.8) is 0 Å². The Morgan fingerprint density at radius 1 is 1.16 bits per heavy atom. The summed E-state index contributed by atoms with van der Waals surface area (Å²) < 4.78 is 5.75. The molecule has 0 saturated carbocycles. The highest BCUT2D eigenvalue weighted by Crippen LogP contribution is 2.31. The van der Waals surface area contributed by atoms with E-state index in [4.69, 9.17) is 4.74 Å². The number of amides is 2. The monoisotopic (exact) mass is 428 g/mol. The lowest BCUT2D eigenvalue weighted by Crippen LogP contribution is -2.47. The van der Waals surface area contributed by atoms with Gasteiger partial charge in [-0.25, -0.2) is 0 Å². The Kier molecular flexibility index (Phi) is 7.45. The van der Waals surface area contributed by atoms with Crippen molar-refractivity contribution < 1.29 is 14.3 Å². The van der Waals surface area contributed by atoms with Gasteiger partial charge in [-0.2, -0.15) is 0 Å². The fourth-order valence-electron chi connectivity index (χ4n) is 4.96. The van der Waals surface area contributed by atoms with Crippen LogP contribution in [0.1, 0.15) is 50.5 Å². The van der Waals surface area contributed by atoms with Crippen LogP contribution in [0.3, 0.4) is 0 Å². The molecule has 3 aliphatic heterocycles. The van der Waals surface area contributed by atoms with E-state index in [9.17, 15) is 9.59 Å². The van der Waals surface area contributed by atoms with Crippen LogP contribution >= 0.6 is 0 Å². The topological polar surface area (TPSA) is 73.9 Å². The van der Waals surface area contributed by atoms with Crippen molar-refractivity contribution in [2.45, 2.75) is 64.0 Å². The minimum Gasteiger partial charge on any atom is -0.478 e. The minimum atomic E-state index is -0.774. The van der Waals surface area contributed by atoms with Crippen LogP contribution in [0, 0.1) is 6.92 Å². The van der Waals surface area contributed by atoms with Crippen molar-refractivity contribution >= 4 is 17.5 Å². The van der Waals surface area contributed by atoms with Crippen LogP contribution in [0.2, 0.25) is 0 Å². The van der Waals surface area contributed by atoms with Crippen molar-refractivity contribution in [1.82, 2.24) is 15.1 Å². The molecule has 1 atom stereocenters. The molecule has 2 N–H and O–H groups in total. The maximum atomic E-state index is 12.3. The average molecular weight is 429 g/mol. The highest BCUT2D eigenvalue weighted by Gasteiger charge is 2.30. The van der Waals surface area contributed by atoms with E-state index in [1.165, 1.54) is 45.2 Å². The number of nitrogens with zero attached hydrogens (tertiary/aromatic N) is 2. The fourth-order valence-corrected chi connectivity index (χ4v) is 4.96. The molecule has 2 saturated heterocycles. The summed E-state index contributed by atoms with van der Waals surface area (Å²) in [5.41, 5.74) is 1.72. The van der Waals surface area contributed by atoms with E-state index in [1.54, 1.807) is 0 Å². The zero-order valence-corrected chi connectivity index (χ0v) is 18.7. The normalized spacial score (nSPS) is 23.0. The molecule has 0 spiro atoms. The quantitative estimate of drug-likeness (QED) is 0.653. The van der Waals surface area contributed by atoms with Gasteiger partial charge in [0.1, 0.15) is 5.75 Å². The Morgan fingerprint density at radius 3 is 2.71 bits per heavy atom. The molecule has 0 aromatic heterocycles. The maximum absolute atomic E-state index is 12.3. The summed E-state index contributed by atoms with van der Waals surface area (Å²) in [6.07, 6.45) is 6.85. The number of nitrogens with one attached hydrogen (secondary N) is 2. The summed E-state index contributed by atoms with van der Waals surface area (Å²) in [7, 11) is 0. The molecule has 2 amide bonds. The molecule has 170 valence electrons. The Morgan fingerprint density at radius 2 is 1.94 bits per heavy atom. The first-order chi connectivity index (χ1) is 15.1. The van der Waals surface area contributed by atoms with Gasteiger partial charge in [-0.05, 0) is 89.4 Å². The van der Waals surface area contributed by atoms with Crippen LogP contribution < -0.4 is 15.4 Å². The van der Waals surface area contributed by atoms with Gasteiger partial charge in [0.05, 0.1) is 12.1 Å². The molecule has 0 bridgehead atoms. The standard InChI is InChI=1S/C24H36N4O3/c1-18-6-7-21-20(16-18)26-24(30)22(31-21)17-23(29)25-10-5-11-27-14-8-19(9-15-27)28-12-3-2-4-13-28/h6-7,16,19,22H,2-5,8-15,17H2,1H3,(H,25,29)(H,26,30)/t22-/m0/s1. The fraction of sp³-hybridized carbons (Fsp3) is 0.667. The van der Waals surface area contributed by atoms with Crippen molar-refractivity contribution in [2.24, 2.45) is 0 Å². The second-order valence-corrected chi connectivity index (χ2v) is 9.17. The minimum absolute atomic E-state index is 0.0420. The zero-order chi connectivity index (χ0) is 21.6.